The van der Waals surface area contributed by atoms with Gasteiger partial charge in [-0.3, -0.25) is 0 Å². The molecule has 0 heterocycles. The van der Waals surface area contributed by atoms with E-state index in [0.29, 0.717) is 0 Å². The standard InChI is InChI=1S/C14H23NO2/c1-10(15-11(2)14(3,4)16)12-8-6-7-9-13(12)17-5/h6-11,15-16H,1-5H3/t10-,11?/m1/s1. The van der Waals surface area contributed by atoms with E-state index < -0.39 is 5.60 Å². The molecule has 1 rings (SSSR count). The number of para-hydroxylation sites is 1. The largest absolute Gasteiger partial charge is 0.496 e. The first-order valence-electron chi connectivity index (χ1n) is 5.97. The van der Waals surface area contributed by atoms with Crippen molar-refractivity contribution >= 4 is 0 Å². The topological polar surface area (TPSA) is 41.5 Å². The highest BCUT2D eigenvalue weighted by Gasteiger charge is 2.24. The second kappa shape index (κ2) is 5.52. The minimum Gasteiger partial charge on any atom is -0.496 e. The molecule has 0 aliphatic carbocycles. The highest BCUT2D eigenvalue weighted by atomic mass is 16.5. The summed E-state index contributed by atoms with van der Waals surface area (Å²) in [5.41, 5.74) is 0.363. The number of hydrogen-bond donors (Lipinski definition) is 2. The van der Waals surface area contributed by atoms with Gasteiger partial charge in [0.2, 0.25) is 0 Å². The smallest absolute Gasteiger partial charge is 0.123 e. The number of rotatable bonds is 5. The van der Waals surface area contributed by atoms with Crippen molar-refractivity contribution in [2.45, 2.75) is 45.4 Å². The Labute approximate surface area is 104 Å². The first-order chi connectivity index (χ1) is 7.86. The number of methoxy groups -OCH3 is 1. The quantitative estimate of drug-likeness (QED) is 0.826. The molecule has 0 bridgehead atoms. The van der Waals surface area contributed by atoms with Crippen LogP contribution >= 0.6 is 0 Å². The minimum atomic E-state index is -0.740. The van der Waals surface area contributed by atoms with Gasteiger partial charge in [0.25, 0.3) is 0 Å². The first kappa shape index (κ1) is 14.0. The molecule has 0 fully saturated rings. The van der Waals surface area contributed by atoms with E-state index >= 15 is 0 Å². The molecule has 1 unspecified atom stereocenters. The van der Waals surface area contributed by atoms with Crippen LogP contribution in [0.2, 0.25) is 0 Å². The van der Waals surface area contributed by atoms with Crippen molar-refractivity contribution in [2.24, 2.45) is 0 Å². The molecule has 17 heavy (non-hydrogen) atoms. The summed E-state index contributed by atoms with van der Waals surface area (Å²) in [4.78, 5) is 0. The molecule has 3 heteroatoms. The van der Waals surface area contributed by atoms with Gasteiger partial charge in [-0.2, -0.15) is 0 Å². The Morgan fingerprint density at radius 2 is 1.82 bits per heavy atom. The molecule has 1 aromatic carbocycles. The maximum absolute atomic E-state index is 9.91. The van der Waals surface area contributed by atoms with E-state index in [1.165, 1.54) is 0 Å². The molecule has 0 spiro atoms. The third-order valence-corrected chi connectivity index (χ3v) is 3.17. The van der Waals surface area contributed by atoms with Gasteiger partial charge in [0, 0.05) is 17.6 Å². The summed E-state index contributed by atoms with van der Waals surface area (Å²) in [7, 11) is 1.67. The molecule has 3 nitrogen and oxygen atoms in total. The summed E-state index contributed by atoms with van der Waals surface area (Å²) in [6, 6.07) is 8.06. The second-order valence-electron chi connectivity index (χ2n) is 5.01. The van der Waals surface area contributed by atoms with Gasteiger partial charge >= 0.3 is 0 Å². The van der Waals surface area contributed by atoms with E-state index in [2.05, 4.69) is 12.2 Å². The van der Waals surface area contributed by atoms with E-state index in [4.69, 9.17) is 4.74 Å². The number of nitrogens with one attached hydrogen (secondary N) is 1. The predicted molar refractivity (Wildman–Crippen MR) is 70.3 cm³/mol. The molecule has 0 saturated heterocycles. The summed E-state index contributed by atoms with van der Waals surface area (Å²) in [5, 5.41) is 13.3. The molecule has 0 aliphatic heterocycles. The molecule has 0 amide bonds. The molecule has 1 aromatic rings. The lowest BCUT2D eigenvalue weighted by Gasteiger charge is -2.30. The molecular weight excluding hydrogens is 214 g/mol. The zero-order valence-electron chi connectivity index (χ0n) is 11.3. The van der Waals surface area contributed by atoms with Crippen molar-refractivity contribution in [3.8, 4) is 5.75 Å². The molecule has 0 radical (unpaired) electrons. The fraction of sp³-hybridized carbons (Fsp3) is 0.571. The Hall–Kier alpha value is -1.06. The fourth-order valence-corrected chi connectivity index (χ4v) is 1.69. The van der Waals surface area contributed by atoms with Crippen molar-refractivity contribution < 1.29 is 9.84 Å². The van der Waals surface area contributed by atoms with Gasteiger partial charge in [-0.1, -0.05) is 18.2 Å². The third-order valence-electron chi connectivity index (χ3n) is 3.17. The van der Waals surface area contributed by atoms with E-state index in [1.807, 2.05) is 31.2 Å². The zero-order valence-corrected chi connectivity index (χ0v) is 11.3. The molecular formula is C14H23NO2. The van der Waals surface area contributed by atoms with Crippen LogP contribution in [0.4, 0.5) is 0 Å². The Morgan fingerprint density at radius 3 is 2.35 bits per heavy atom. The molecule has 0 saturated carbocycles. The van der Waals surface area contributed by atoms with Crippen molar-refractivity contribution in [3.63, 3.8) is 0 Å². The van der Waals surface area contributed by atoms with Gasteiger partial charge in [-0.25, -0.2) is 0 Å². The highest BCUT2D eigenvalue weighted by molar-refractivity contribution is 5.35. The highest BCUT2D eigenvalue weighted by Crippen LogP contribution is 2.25. The number of aliphatic hydroxyl groups is 1. The minimum absolute atomic E-state index is 0.00223. The Balaban J connectivity index is 2.79. The Kier molecular flexibility index (Phi) is 4.54. The van der Waals surface area contributed by atoms with Gasteiger partial charge in [0.1, 0.15) is 5.75 Å². The Bertz CT molecular complexity index is 357. The molecule has 2 N–H and O–H groups in total. The van der Waals surface area contributed by atoms with Crippen LogP contribution in [-0.2, 0) is 0 Å². The lowest BCUT2D eigenvalue weighted by Crippen LogP contribution is -2.45. The van der Waals surface area contributed by atoms with Crippen molar-refractivity contribution in [3.05, 3.63) is 29.8 Å². The lowest BCUT2D eigenvalue weighted by atomic mass is 9.98. The van der Waals surface area contributed by atoms with E-state index in [9.17, 15) is 5.11 Å². The van der Waals surface area contributed by atoms with Crippen LogP contribution in [0.25, 0.3) is 0 Å². The van der Waals surface area contributed by atoms with Crippen molar-refractivity contribution in [2.75, 3.05) is 7.11 Å². The Morgan fingerprint density at radius 1 is 1.24 bits per heavy atom. The van der Waals surface area contributed by atoms with Gasteiger partial charge in [-0.05, 0) is 33.8 Å². The fourth-order valence-electron chi connectivity index (χ4n) is 1.69. The maximum Gasteiger partial charge on any atom is 0.123 e. The normalized spacial score (nSPS) is 15.4. The van der Waals surface area contributed by atoms with Gasteiger partial charge in [-0.15, -0.1) is 0 Å². The van der Waals surface area contributed by atoms with Gasteiger partial charge in [0.05, 0.1) is 12.7 Å². The molecule has 2 atom stereocenters. The molecule has 0 aromatic heterocycles. The number of benzene rings is 1. The van der Waals surface area contributed by atoms with Crippen molar-refractivity contribution in [1.29, 1.82) is 0 Å². The number of hydrogen-bond acceptors (Lipinski definition) is 3. The second-order valence-corrected chi connectivity index (χ2v) is 5.01. The van der Waals surface area contributed by atoms with Crippen LogP contribution in [0.3, 0.4) is 0 Å². The summed E-state index contributed by atoms with van der Waals surface area (Å²) in [5.74, 6) is 0.871. The van der Waals surface area contributed by atoms with Crippen LogP contribution < -0.4 is 10.1 Å². The average molecular weight is 237 g/mol. The summed E-state index contributed by atoms with van der Waals surface area (Å²) in [6.07, 6.45) is 0. The van der Waals surface area contributed by atoms with Crippen LogP contribution in [0.15, 0.2) is 24.3 Å². The molecule has 96 valence electrons. The predicted octanol–water partition coefficient (Wildman–Crippen LogP) is 2.51. The monoisotopic (exact) mass is 237 g/mol. The first-order valence-corrected chi connectivity index (χ1v) is 5.97. The number of ether oxygens (including phenoxy) is 1. The van der Waals surface area contributed by atoms with Crippen LogP contribution in [-0.4, -0.2) is 23.9 Å². The lowest BCUT2D eigenvalue weighted by molar-refractivity contribution is 0.0404. The van der Waals surface area contributed by atoms with Crippen LogP contribution in [0, 0.1) is 0 Å². The summed E-state index contributed by atoms with van der Waals surface area (Å²) < 4.78 is 5.33. The SMILES string of the molecule is COc1ccccc1[C@@H](C)NC(C)C(C)(C)O. The summed E-state index contributed by atoms with van der Waals surface area (Å²) in [6.45, 7) is 7.66. The third kappa shape index (κ3) is 3.72. The van der Waals surface area contributed by atoms with Crippen molar-refractivity contribution in [1.82, 2.24) is 5.32 Å². The molecule has 0 aliphatic rings. The van der Waals surface area contributed by atoms with Gasteiger partial charge < -0.3 is 15.2 Å². The summed E-state index contributed by atoms with van der Waals surface area (Å²) >= 11 is 0. The average Bonchev–Trinajstić information content (AvgIpc) is 2.27. The van der Waals surface area contributed by atoms with E-state index in [1.54, 1.807) is 21.0 Å². The zero-order chi connectivity index (χ0) is 13.1. The van der Waals surface area contributed by atoms with E-state index in [-0.39, 0.29) is 12.1 Å². The van der Waals surface area contributed by atoms with Gasteiger partial charge in [0.15, 0.2) is 0 Å². The van der Waals surface area contributed by atoms with Crippen LogP contribution in [0.1, 0.15) is 39.3 Å². The van der Waals surface area contributed by atoms with E-state index in [0.717, 1.165) is 11.3 Å². The van der Waals surface area contributed by atoms with Crippen LogP contribution in [0.5, 0.6) is 5.75 Å². The maximum atomic E-state index is 9.91.